The summed E-state index contributed by atoms with van der Waals surface area (Å²) in [5.74, 6) is 0.00649. The molecule has 0 aliphatic rings. The molecule has 0 fully saturated rings. The number of carbonyl (C=O) groups excluding carboxylic acids is 2. The third kappa shape index (κ3) is 5.38. The van der Waals surface area contributed by atoms with Crippen molar-refractivity contribution in [2.45, 2.75) is 26.7 Å². The average molecular weight is 395 g/mol. The summed E-state index contributed by atoms with van der Waals surface area (Å²) in [7, 11) is 1.62. The smallest absolute Gasteiger partial charge is 0.310 e. The number of hydrogen-bond acceptors (Lipinski definition) is 5. The summed E-state index contributed by atoms with van der Waals surface area (Å²) in [6, 6.07) is 11.6. The van der Waals surface area contributed by atoms with Crippen molar-refractivity contribution in [1.82, 2.24) is 5.32 Å². The summed E-state index contributed by atoms with van der Waals surface area (Å²) in [5, 5.41) is 3.65. The van der Waals surface area contributed by atoms with Crippen LogP contribution in [0.15, 0.2) is 47.1 Å². The molecular formula is C23H25NO5. The number of aryl methyl sites for hydroxylation is 2. The standard InChI is InChI=1S/C23H25NO5/c1-15-10-20-18(13-28-21(20)11-16(15)2)12-23(26)29-14-22(25)24-9-8-17-4-6-19(27-3)7-5-17/h4-7,10-11,13H,8-9,12,14H2,1-3H3,(H,24,25). The SMILES string of the molecule is COc1ccc(CCNC(=O)COC(=O)Cc2coc3cc(C)c(C)cc23)cc1. The molecule has 0 saturated carbocycles. The van der Waals surface area contributed by atoms with Crippen LogP contribution in [0.3, 0.4) is 0 Å². The Balaban J connectivity index is 1.43. The lowest BCUT2D eigenvalue weighted by atomic mass is 10.0. The zero-order chi connectivity index (χ0) is 20.8. The Hall–Kier alpha value is -3.28. The highest BCUT2D eigenvalue weighted by Crippen LogP contribution is 2.25. The molecule has 1 aromatic heterocycles. The monoisotopic (exact) mass is 395 g/mol. The number of fused-ring (bicyclic) bond motifs is 1. The predicted octanol–water partition coefficient (Wildman–Crippen LogP) is 3.50. The van der Waals surface area contributed by atoms with Gasteiger partial charge in [0.1, 0.15) is 11.3 Å². The molecular weight excluding hydrogens is 370 g/mol. The number of rotatable bonds is 8. The molecule has 6 nitrogen and oxygen atoms in total. The van der Waals surface area contributed by atoms with Gasteiger partial charge in [-0.2, -0.15) is 0 Å². The van der Waals surface area contributed by atoms with Gasteiger partial charge in [-0.3, -0.25) is 9.59 Å². The van der Waals surface area contributed by atoms with Gasteiger partial charge in [-0.25, -0.2) is 0 Å². The fraction of sp³-hybridized carbons (Fsp3) is 0.304. The third-order valence-electron chi connectivity index (χ3n) is 4.86. The molecule has 3 aromatic rings. The Bertz CT molecular complexity index is 1000. The second-order valence-corrected chi connectivity index (χ2v) is 6.98. The van der Waals surface area contributed by atoms with E-state index in [0.29, 0.717) is 13.0 Å². The van der Waals surface area contributed by atoms with Crippen LogP contribution in [0.4, 0.5) is 0 Å². The van der Waals surface area contributed by atoms with Gasteiger partial charge in [0.15, 0.2) is 6.61 Å². The summed E-state index contributed by atoms with van der Waals surface area (Å²) < 4.78 is 15.7. The van der Waals surface area contributed by atoms with Crippen molar-refractivity contribution < 1.29 is 23.5 Å². The summed E-state index contributed by atoms with van der Waals surface area (Å²) in [4.78, 5) is 24.0. The third-order valence-corrected chi connectivity index (χ3v) is 4.86. The number of ether oxygens (including phenoxy) is 2. The average Bonchev–Trinajstić information content (AvgIpc) is 3.08. The second kappa shape index (κ2) is 9.28. The van der Waals surface area contributed by atoms with Gasteiger partial charge in [0.25, 0.3) is 5.91 Å². The fourth-order valence-corrected chi connectivity index (χ4v) is 3.02. The van der Waals surface area contributed by atoms with Crippen molar-refractivity contribution in [3.8, 4) is 5.75 Å². The van der Waals surface area contributed by atoms with Crippen molar-refractivity contribution in [3.05, 3.63) is 64.9 Å². The maximum atomic E-state index is 12.1. The number of benzene rings is 2. The first-order valence-electron chi connectivity index (χ1n) is 9.49. The molecule has 152 valence electrons. The van der Waals surface area contributed by atoms with Gasteiger partial charge in [-0.05, 0) is 61.2 Å². The van der Waals surface area contributed by atoms with E-state index < -0.39 is 5.97 Å². The minimum absolute atomic E-state index is 0.0641. The van der Waals surface area contributed by atoms with E-state index in [-0.39, 0.29) is 18.9 Å². The zero-order valence-corrected chi connectivity index (χ0v) is 16.9. The molecule has 0 saturated heterocycles. The summed E-state index contributed by atoms with van der Waals surface area (Å²) in [6.45, 7) is 4.20. The van der Waals surface area contributed by atoms with Gasteiger partial charge in [-0.1, -0.05) is 12.1 Å². The normalized spacial score (nSPS) is 10.7. The number of carbonyl (C=O) groups is 2. The minimum atomic E-state index is -0.462. The van der Waals surface area contributed by atoms with E-state index in [0.717, 1.165) is 39.0 Å². The Kier molecular flexibility index (Phi) is 6.54. The number of hydrogen-bond donors (Lipinski definition) is 1. The van der Waals surface area contributed by atoms with Crippen LogP contribution >= 0.6 is 0 Å². The van der Waals surface area contributed by atoms with Gasteiger partial charge in [0, 0.05) is 17.5 Å². The van der Waals surface area contributed by atoms with E-state index in [9.17, 15) is 9.59 Å². The Morgan fingerprint density at radius 2 is 1.79 bits per heavy atom. The van der Waals surface area contributed by atoms with E-state index in [2.05, 4.69) is 5.32 Å². The van der Waals surface area contributed by atoms with Crippen molar-refractivity contribution >= 4 is 22.8 Å². The van der Waals surface area contributed by atoms with E-state index in [1.807, 2.05) is 50.2 Å². The molecule has 0 bridgehead atoms. The first kappa shape index (κ1) is 20.5. The Morgan fingerprint density at radius 1 is 1.07 bits per heavy atom. The summed E-state index contributed by atoms with van der Waals surface area (Å²) in [6.07, 6.45) is 2.32. The van der Waals surface area contributed by atoms with E-state index in [1.165, 1.54) is 0 Å². The van der Waals surface area contributed by atoms with Gasteiger partial charge in [-0.15, -0.1) is 0 Å². The van der Waals surface area contributed by atoms with E-state index in [4.69, 9.17) is 13.9 Å². The van der Waals surface area contributed by atoms with Gasteiger partial charge < -0.3 is 19.2 Å². The molecule has 1 N–H and O–H groups in total. The molecule has 0 aliphatic carbocycles. The second-order valence-electron chi connectivity index (χ2n) is 6.98. The minimum Gasteiger partial charge on any atom is -0.497 e. The van der Waals surface area contributed by atoms with Crippen LogP contribution in [0.25, 0.3) is 11.0 Å². The van der Waals surface area contributed by atoms with Crippen LogP contribution in [0.5, 0.6) is 5.75 Å². The van der Waals surface area contributed by atoms with Crippen LogP contribution in [0.1, 0.15) is 22.3 Å². The number of esters is 1. The maximum absolute atomic E-state index is 12.1. The van der Waals surface area contributed by atoms with Crippen LogP contribution < -0.4 is 10.1 Å². The van der Waals surface area contributed by atoms with Crippen LogP contribution in [-0.2, 0) is 27.2 Å². The summed E-state index contributed by atoms with van der Waals surface area (Å²) in [5.41, 5.74) is 4.85. The van der Waals surface area contributed by atoms with Crippen molar-refractivity contribution in [1.29, 1.82) is 0 Å². The zero-order valence-electron chi connectivity index (χ0n) is 16.9. The number of methoxy groups -OCH3 is 1. The molecule has 0 radical (unpaired) electrons. The van der Waals surface area contributed by atoms with Gasteiger partial charge in [0.05, 0.1) is 19.8 Å². The fourth-order valence-electron chi connectivity index (χ4n) is 3.02. The van der Waals surface area contributed by atoms with Crippen molar-refractivity contribution in [2.24, 2.45) is 0 Å². The molecule has 1 amide bonds. The number of nitrogens with one attached hydrogen (secondary N) is 1. The molecule has 0 spiro atoms. The highest BCUT2D eigenvalue weighted by atomic mass is 16.5. The predicted molar refractivity (Wildman–Crippen MR) is 110 cm³/mol. The quantitative estimate of drug-likeness (QED) is 0.591. The van der Waals surface area contributed by atoms with Crippen LogP contribution in [0, 0.1) is 13.8 Å². The Morgan fingerprint density at radius 3 is 2.52 bits per heavy atom. The van der Waals surface area contributed by atoms with E-state index in [1.54, 1.807) is 13.4 Å². The topological polar surface area (TPSA) is 77.8 Å². The number of furan rings is 1. The van der Waals surface area contributed by atoms with Crippen molar-refractivity contribution in [3.63, 3.8) is 0 Å². The summed E-state index contributed by atoms with van der Waals surface area (Å²) >= 11 is 0. The number of amides is 1. The lowest BCUT2D eigenvalue weighted by Gasteiger charge is -2.07. The largest absolute Gasteiger partial charge is 0.497 e. The van der Waals surface area contributed by atoms with Gasteiger partial charge >= 0.3 is 5.97 Å². The Labute approximate surface area is 169 Å². The van der Waals surface area contributed by atoms with E-state index >= 15 is 0 Å². The lowest BCUT2D eigenvalue weighted by molar-refractivity contribution is -0.147. The molecule has 2 aromatic carbocycles. The molecule has 0 aliphatic heterocycles. The highest BCUT2D eigenvalue weighted by Gasteiger charge is 2.14. The first-order chi connectivity index (χ1) is 14.0. The molecule has 29 heavy (non-hydrogen) atoms. The first-order valence-corrected chi connectivity index (χ1v) is 9.49. The molecule has 3 rings (SSSR count). The molecule has 6 heteroatoms. The lowest BCUT2D eigenvalue weighted by Crippen LogP contribution is -2.30. The van der Waals surface area contributed by atoms with Gasteiger partial charge in [0.2, 0.25) is 0 Å². The van der Waals surface area contributed by atoms with Crippen LogP contribution in [-0.4, -0.2) is 32.1 Å². The molecule has 0 atom stereocenters. The van der Waals surface area contributed by atoms with Crippen molar-refractivity contribution in [2.75, 3.05) is 20.3 Å². The molecule has 1 heterocycles. The van der Waals surface area contributed by atoms with Crippen LogP contribution in [0.2, 0.25) is 0 Å². The molecule has 0 unspecified atom stereocenters. The maximum Gasteiger partial charge on any atom is 0.310 e. The highest BCUT2D eigenvalue weighted by molar-refractivity contribution is 5.87.